The first-order valence-corrected chi connectivity index (χ1v) is 7.90. The van der Waals surface area contributed by atoms with Crippen molar-refractivity contribution in [3.63, 3.8) is 0 Å². The second kappa shape index (κ2) is 6.33. The molecule has 0 spiro atoms. The molecule has 0 amide bonds. The molecule has 3 heterocycles. The van der Waals surface area contributed by atoms with Crippen LogP contribution in [-0.4, -0.2) is 26.7 Å². The molecule has 124 valence electrons. The van der Waals surface area contributed by atoms with E-state index in [1.165, 1.54) is 0 Å². The fourth-order valence-electron chi connectivity index (χ4n) is 2.77. The average Bonchev–Trinajstić information content (AvgIpc) is 3.11. The van der Waals surface area contributed by atoms with Gasteiger partial charge in [0.05, 0.1) is 25.0 Å². The fourth-order valence-corrected chi connectivity index (χ4v) is 2.77. The van der Waals surface area contributed by atoms with Gasteiger partial charge in [-0.3, -0.25) is 4.98 Å². The highest BCUT2D eigenvalue weighted by Crippen LogP contribution is 2.26. The van der Waals surface area contributed by atoms with E-state index in [1.807, 2.05) is 54.9 Å². The maximum absolute atomic E-state index is 6.37. The van der Waals surface area contributed by atoms with Gasteiger partial charge in [0, 0.05) is 24.2 Å². The van der Waals surface area contributed by atoms with Gasteiger partial charge >= 0.3 is 0 Å². The van der Waals surface area contributed by atoms with Crippen LogP contribution in [0, 0.1) is 0 Å². The fraction of sp³-hybridized carbons (Fsp3) is 0.105. The van der Waals surface area contributed by atoms with Crippen molar-refractivity contribution in [2.45, 2.75) is 6.04 Å². The molecule has 6 nitrogen and oxygen atoms in total. The predicted molar refractivity (Wildman–Crippen MR) is 95.2 cm³/mol. The summed E-state index contributed by atoms with van der Waals surface area (Å²) < 4.78 is 6.97. The summed E-state index contributed by atoms with van der Waals surface area (Å²) in [4.78, 5) is 8.78. The van der Waals surface area contributed by atoms with Gasteiger partial charge in [0.15, 0.2) is 5.65 Å². The van der Waals surface area contributed by atoms with Crippen LogP contribution in [0.3, 0.4) is 0 Å². The number of nitrogens with two attached hydrogens (primary N) is 1. The summed E-state index contributed by atoms with van der Waals surface area (Å²) in [5.41, 5.74) is 10.9. The minimum atomic E-state index is -0.313. The quantitative estimate of drug-likeness (QED) is 0.622. The highest BCUT2D eigenvalue weighted by Gasteiger charge is 2.14. The van der Waals surface area contributed by atoms with Crippen molar-refractivity contribution in [2.24, 2.45) is 5.73 Å². The Morgan fingerprint density at radius 2 is 1.80 bits per heavy atom. The normalized spacial score (nSPS) is 12.2. The first kappa shape index (κ1) is 15.3. The molecule has 4 aromatic rings. The van der Waals surface area contributed by atoms with E-state index < -0.39 is 0 Å². The summed E-state index contributed by atoms with van der Waals surface area (Å²) in [5, 5.41) is 4.38. The lowest BCUT2D eigenvalue weighted by Gasteiger charge is -2.11. The van der Waals surface area contributed by atoms with E-state index in [-0.39, 0.29) is 6.04 Å². The summed E-state index contributed by atoms with van der Waals surface area (Å²) in [6.07, 6.45) is 7.16. The molecule has 0 aliphatic rings. The maximum atomic E-state index is 6.37. The van der Waals surface area contributed by atoms with Crippen LogP contribution in [0.15, 0.2) is 67.3 Å². The molecule has 0 aliphatic heterocycles. The van der Waals surface area contributed by atoms with Crippen molar-refractivity contribution >= 4 is 5.65 Å². The van der Waals surface area contributed by atoms with Gasteiger partial charge in [0.25, 0.3) is 0 Å². The molecule has 3 aromatic heterocycles. The van der Waals surface area contributed by atoms with E-state index >= 15 is 0 Å². The summed E-state index contributed by atoms with van der Waals surface area (Å²) in [6, 6.07) is 13.2. The lowest BCUT2D eigenvalue weighted by Crippen LogP contribution is -2.14. The average molecular weight is 331 g/mol. The molecule has 2 N–H and O–H groups in total. The van der Waals surface area contributed by atoms with E-state index in [1.54, 1.807) is 24.0 Å². The monoisotopic (exact) mass is 331 g/mol. The number of methoxy groups -OCH3 is 1. The second-order valence-corrected chi connectivity index (χ2v) is 5.67. The van der Waals surface area contributed by atoms with E-state index in [2.05, 4.69) is 10.1 Å². The van der Waals surface area contributed by atoms with Crippen molar-refractivity contribution in [2.75, 3.05) is 7.11 Å². The van der Waals surface area contributed by atoms with Crippen LogP contribution in [0.2, 0.25) is 0 Å². The second-order valence-electron chi connectivity index (χ2n) is 5.67. The lowest BCUT2D eigenvalue weighted by atomic mass is 10.1. The number of fused-ring (bicyclic) bond motifs is 1. The first-order valence-electron chi connectivity index (χ1n) is 7.90. The molecule has 1 aromatic carbocycles. The zero-order valence-corrected chi connectivity index (χ0v) is 13.7. The molecule has 25 heavy (non-hydrogen) atoms. The summed E-state index contributed by atoms with van der Waals surface area (Å²) >= 11 is 0. The standard InChI is InChI=1S/C19H17N5O/c1-25-15-4-2-13(3-5-15)16-12-22-24-11-8-17(23-19(16)24)18(20)14-6-9-21-10-7-14/h2-12,18H,20H2,1H3. The SMILES string of the molecule is COc1ccc(-c2cnn3ccc(C(N)c4ccncc4)nc23)cc1. The van der Waals surface area contributed by atoms with E-state index in [4.69, 9.17) is 15.5 Å². The number of hydrogen-bond donors (Lipinski definition) is 1. The number of nitrogens with zero attached hydrogens (tertiary/aromatic N) is 4. The summed E-state index contributed by atoms with van der Waals surface area (Å²) in [5.74, 6) is 0.814. The number of aromatic nitrogens is 4. The van der Waals surface area contributed by atoms with E-state index in [0.29, 0.717) is 0 Å². The van der Waals surface area contributed by atoms with Gasteiger partial charge in [-0.2, -0.15) is 5.10 Å². The molecule has 1 atom stereocenters. The molecule has 0 aliphatic carbocycles. The van der Waals surface area contributed by atoms with Crippen LogP contribution in [0.4, 0.5) is 0 Å². The van der Waals surface area contributed by atoms with Gasteiger partial charge < -0.3 is 10.5 Å². The molecule has 0 radical (unpaired) electrons. The van der Waals surface area contributed by atoms with Gasteiger partial charge in [-0.1, -0.05) is 12.1 Å². The van der Waals surface area contributed by atoms with Crippen molar-refractivity contribution in [1.82, 2.24) is 19.6 Å². The molecule has 0 saturated heterocycles. The molecule has 0 fully saturated rings. The Bertz CT molecular complexity index is 995. The third-order valence-corrected chi connectivity index (χ3v) is 4.18. The summed E-state index contributed by atoms with van der Waals surface area (Å²) in [7, 11) is 1.65. The van der Waals surface area contributed by atoms with E-state index in [9.17, 15) is 0 Å². The molecule has 0 bridgehead atoms. The van der Waals surface area contributed by atoms with Gasteiger partial charge in [-0.05, 0) is 41.5 Å². The Hall–Kier alpha value is -3.25. The minimum absolute atomic E-state index is 0.313. The largest absolute Gasteiger partial charge is 0.497 e. The highest BCUT2D eigenvalue weighted by atomic mass is 16.5. The van der Waals surface area contributed by atoms with E-state index in [0.717, 1.165) is 33.8 Å². The molecular weight excluding hydrogens is 314 g/mol. The van der Waals surface area contributed by atoms with Crippen LogP contribution >= 0.6 is 0 Å². The van der Waals surface area contributed by atoms with Crippen molar-refractivity contribution in [3.05, 3.63) is 78.5 Å². The lowest BCUT2D eigenvalue weighted by molar-refractivity contribution is 0.415. The third-order valence-electron chi connectivity index (χ3n) is 4.18. The Morgan fingerprint density at radius 1 is 1.04 bits per heavy atom. The Kier molecular flexibility index (Phi) is 3.87. The molecule has 4 rings (SSSR count). The number of ether oxygens (including phenoxy) is 1. The van der Waals surface area contributed by atoms with Gasteiger partial charge in [0.1, 0.15) is 5.75 Å². The van der Waals surface area contributed by atoms with Crippen molar-refractivity contribution < 1.29 is 4.74 Å². The molecule has 1 unspecified atom stereocenters. The molecule has 6 heteroatoms. The smallest absolute Gasteiger partial charge is 0.163 e. The number of rotatable bonds is 4. The van der Waals surface area contributed by atoms with Crippen molar-refractivity contribution in [1.29, 1.82) is 0 Å². The number of pyridine rings is 1. The molecular formula is C19H17N5O. The van der Waals surface area contributed by atoms with Crippen LogP contribution in [0.5, 0.6) is 5.75 Å². The molecule has 0 saturated carbocycles. The van der Waals surface area contributed by atoms with Gasteiger partial charge in [-0.15, -0.1) is 0 Å². The van der Waals surface area contributed by atoms with Crippen LogP contribution < -0.4 is 10.5 Å². The Labute approximate surface area is 144 Å². The predicted octanol–water partition coefficient (Wildman–Crippen LogP) is 2.85. The minimum Gasteiger partial charge on any atom is -0.497 e. The third kappa shape index (κ3) is 2.83. The zero-order valence-electron chi connectivity index (χ0n) is 13.7. The van der Waals surface area contributed by atoms with Gasteiger partial charge in [-0.25, -0.2) is 9.50 Å². The number of benzene rings is 1. The van der Waals surface area contributed by atoms with Crippen LogP contribution in [0.1, 0.15) is 17.3 Å². The maximum Gasteiger partial charge on any atom is 0.163 e. The zero-order chi connectivity index (χ0) is 17.2. The van der Waals surface area contributed by atoms with Crippen LogP contribution in [-0.2, 0) is 0 Å². The van der Waals surface area contributed by atoms with Gasteiger partial charge in [0.2, 0.25) is 0 Å². The number of hydrogen-bond acceptors (Lipinski definition) is 5. The summed E-state index contributed by atoms with van der Waals surface area (Å²) in [6.45, 7) is 0. The van der Waals surface area contributed by atoms with Crippen molar-refractivity contribution in [3.8, 4) is 16.9 Å². The first-order chi connectivity index (χ1) is 12.3. The van der Waals surface area contributed by atoms with Crippen LogP contribution in [0.25, 0.3) is 16.8 Å². The topological polar surface area (TPSA) is 78.3 Å². The highest BCUT2D eigenvalue weighted by molar-refractivity contribution is 5.77. The Morgan fingerprint density at radius 3 is 2.52 bits per heavy atom. The Balaban J connectivity index is 1.77.